The fourth-order valence-electron chi connectivity index (χ4n) is 3.69. The summed E-state index contributed by atoms with van der Waals surface area (Å²) in [6, 6.07) is 22.1. The van der Waals surface area contributed by atoms with Crippen molar-refractivity contribution in [2.45, 2.75) is 13.1 Å². The average molecular weight is 454 g/mol. The van der Waals surface area contributed by atoms with Gasteiger partial charge in [-0.3, -0.25) is 9.48 Å². The van der Waals surface area contributed by atoms with Gasteiger partial charge < -0.3 is 9.88 Å². The Morgan fingerprint density at radius 2 is 1.91 bits per heavy atom. The van der Waals surface area contributed by atoms with Crippen molar-refractivity contribution in [3.8, 4) is 10.6 Å². The number of H-pyrrole nitrogens is 1. The van der Waals surface area contributed by atoms with Gasteiger partial charge in [-0.25, -0.2) is 4.98 Å². The summed E-state index contributed by atoms with van der Waals surface area (Å²) in [6.45, 7) is 1.08. The fraction of sp³-hybridized carbons (Fsp3) is 0.115. The van der Waals surface area contributed by atoms with Crippen molar-refractivity contribution in [1.82, 2.24) is 24.6 Å². The number of carbonyl (C=O) groups excluding carboxylic acids is 1. The number of para-hydroxylation sites is 2. The minimum atomic E-state index is -0.0941. The van der Waals surface area contributed by atoms with Gasteiger partial charge in [0.25, 0.3) is 0 Å². The zero-order valence-corrected chi connectivity index (χ0v) is 19.0. The van der Waals surface area contributed by atoms with Crippen molar-refractivity contribution >= 4 is 34.4 Å². The normalized spacial score (nSPS) is 11.4. The minimum absolute atomic E-state index is 0.0941. The molecule has 5 rings (SSSR count). The van der Waals surface area contributed by atoms with Crippen molar-refractivity contribution in [2.24, 2.45) is 0 Å². The Balaban J connectivity index is 1.34. The maximum Gasteiger partial charge on any atom is 0.246 e. The fourth-order valence-corrected chi connectivity index (χ4v) is 4.42. The summed E-state index contributed by atoms with van der Waals surface area (Å²) in [5.41, 5.74) is 4.84. The molecule has 0 radical (unpaired) electrons. The van der Waals surface area contributed by atoms with E-state index in [2.05, 4.69) is 22.1 Å². The second-order valence-corrected chi connectivity index (χ2v) is 8.77. The molecule has 33 heavy (non-hydrogen) atoms. The third-order valence-corrected chi connectivity index (χ3v) is 6.22. The van der Waals surface area contributed by atoms with E-state index in [0.717, 1.165) is 33.0 Å². The molecule has 164 valence electrons. The molecule has 0 saturated heterocycles. The molecule has 0 bridgehead atoms. The summed E-state index contributed by atoms with van der Waals surface area (Å²) in [5.74, 6) is 0.666. The van der Waals surface area contributed by atoms with Gasteiger partial charge in [0.2, 0.25) is 5.91 Å². The van der Waals surface area contributed by atoms with Gasteiger partial charge in [-0.05, 0) is 35.2 Å². The molecule has 2 aromatic carbocycles. The van der Waals surface area contributed by atoms with Gasteiger partial charge in [-0.1, -0.05) is 48.5 Å². The molecular formula is C26H23N5OS. The number of aromatic nitrogens is 4. The van der Waals surface area contributed by atoms with E-state index in [1.807, 2.05) is 76.9 Å². The third kappa shape index (κ3) is 4.78. The Bertz CT molecular complexity index is 1370. The molecule has 0 atom stereocenters. The number of hydrogen-bond acceptors (Lipinski definition) is 4. The van der Waals surface area contributed by atoms with E-state index in [1.54, 1.807) is 29.4 Å². The lowest BCUT2D eigenvalue weighted by atomic mass is 10.2. The number of rotatable bonds is 7. The van der Waals surface area contributed by atoms with E-state index >= 15 is 0 Å². The smallest absolute Gasteiger partial charge is 0.246 e. The predicted molar refractivity (Wildman–Crippen MR) is 133 cm³/mol. The summed E-state index contributed by atoms with van der Waals surface area (Å²) >= 11 is 1.64. The molecule has 3 aromatic heterocycles. The van der Waals surface area contributed by atoms with Crippen LogP contribution in [0.5, 0.6) is 0 Å². The van der Waals surface area contributed by atoms with E-state index < -0.39 is 0 Å². The van der Waals surface area contributed by atoms with Gasteiger partial charge in [0.1, 0.15) is 11.5 Å². The average Bonchev–Trinajstić information content (AvgIpc) is 3.57. The first-order valence-electron chi connectivity index (χ1n) is 10.7. The highest BCUT2D eigenvalue weighted by Gasteiger charge is 2.13. The van der Waals surface area contributed by atoms with Crippen LogP contribution in [0.2, 0.25) is 0 Å². The van der Waals surface area contributed by atoms with E-state index in [0.29, 0.717) is 13.1 Å². The number of nitrogens with zero attached hydrogens (tertiary/aromatic N) is 4. The van der Waals surface area contributed by atoms with Gasteiger partial charge in [-0.15, -0.1) is 11.3 Å². The second kappa shape index (κ2) is 9.26. The van der Waals surface area contributed by atoms with E-state index in [-0.39, 0.29) is 5.91 Å². The molecular weight excluding hydrogens is 430 g/mol. The first-order valence-corrected chi connectivity index (χ1v) is 11.6. The number of likely N-dealkylation sites (N-methyl/N-ethyl adjacent to an activating group) is 1. The standard InChI is InChI=1S/C26H23N5OS/c1-30(18-24-27-21-10-5-6-11-22(21)28-24)25(32)14-13-20-17-31(16-19-8-3-2-4-9-19)29-26(20)23-12-7-15-33-23/h2-15,17H,16,18H2,1H3,(H,27,28)/b14-13+. The molecule has 6 nitrogen and oxygen atoms in total. The first kappa shape index (κ1) is 20.9. The maximum absolute atomic E-state index is 12.8. The summed E-state index contributed by atoms with van der Waals surface area (Å²) in [5, 5.41) is 6.83. The first-order chi connectivity index (χ1) is 16.2. The molecule has 1 amide bonds. The number of aromatic amines is 1. The van der Waals surface area contributed by atoms with E-state index in [4.69, 9.17) is 5.10 Å². The van der Waals surface area contributed by atoms with Crippen molar-refractivity contribution in [3.63, 3.8) is 0 Å². The zero-order chi connectivity index (χ0) is 22.6. The van der Waals surface area contributed by atoms with E-state index in [1.165, 1.54) is 5.56 Å². The molecule has 0 spiro atoms. The Hall–Kier alpha value is -3.97. The third-order valence-electron chi connectivity index (χ3n) is 5.34. The molecule has 0 fully saturated rings. The van der Waals surface area contributed by atoms with Crippen LogP contribution in [0.1, 0.15) is 17.0 Å². The van der Waals surface area contributed by atoms with Gasteiger partial charge in [0.15, 0.2) is 0 Å². The van der Waals surface area contributed by atoms with Crippen LogP contribution in [0.15, 0.2) is 84.4 Å². The molecule has 0 unspecified atom stereocenters. The lowest BCUT2D eigenvalue weighted by Gasteiger charge is -2.12. The molecule has 1 N–H and O–H groups in total. The summed E-state index contributed by atoms with van der Waals surface area (Å²) in [4.78, 5) is 23.4. The van der Waals surface area contributed by atoms with Crippen molar-refractivity contribution in [1.29, 1.82) is 0 Å². The Morgan fingerprint density at radius 1 is 1.09 bits per heavy atom. The molecule has 7 heteroatoms. The number of benzene rings is 2. The van der Waals surface area contributed by atoms with Gasteiger partial charge in [0.05, 0.1) is 29.0 Å². The Labute approximate surface area is 195 Å². The number of nitrogens with one attached hydrogen (secondary N) is 1. The summed E-state index contributed by atoms with van der Waals surface area (Å²) in [6.07, 6.45) is 5.44. The number of hydrogen-bond donors (Lipinski definition) is 1. The highest BCUT2D eigenvalue weighted by atomic mass is 32.1. The molecule has 5 aromatic rings. The highest BCUT2D eigenvalue weighted by molar-refractivity contribution is 7.13. The molecule has 0 aliphatic carbocycles. The summed E-state index contributed by atoms with van der Waals surface area (Å²) < 4.78 is 1.92. The van der Waals surface area contributed by atoms with Crippen molar-refractivity contribution < 1.29 is 4.79 Å². The Kier molecular flexibility index (Phi) is 5.87. The largest absolute Gasteiger partial charge is 0.340 e. The van der Waals surface area contributed by atoms with Crippen LogP contribution in [0.4, 0.5) is 0 Å². The SMILES string of the molecule is CN(Cc1nc2ccccc2[nH]1)C(=O)/C=C/c1cn(Cc2ccccc2)nc1-c1cccs1. The van der Waals surface area contributed by atoms with E-state index in [9.17, 15) is 4.79 Å². The van der Waals surface area contributed by atoms with Crippen LogP contribution >= 0.6 is 11.3 Å². The van der Waals surface area contributed by atoms with Gasteiger partial charge in [0, 0.05) is 24.9 Å². The van der Waals surface area contributed by atoms with Crippen LogP contribution in [-0.4, -0.2) is 37.6 Å². The maximum atomic E-state index is 12.8. The van der Waals surface area contributed by atoms with Crippen LogP contribution in [-0.2, 0) is 17.9 Å². The van der Waals surface area contributed by atoms with Crippen molar-refractivity contribution in [3.05, 3.63) is 101 Å². The number of thiophene rings is 1. The molecule has 3 heterocycles. The topological polar surface area (TPSA) is 66.8 Å². The minimum Gasteiger partial charge on any atom is -0.340 e. The molecule has 0 aliphatic heterocycles. The van der Waals surface area contributed by atoms with Crippen LogP contribution in [0.25, 0.3) is 27.7 Å². The predicted octanol–water partition coefficient (Wildman–Crippen LogP) is 5.21. The van der Waals surface area contributed by atoms with Gasteiger partial charge in [-0.2, -0.15) is 5.10 Å². The van der Waals surface area contributed by atoms with Crippen LogP contribution in [0, 0.1) is 0 Å². The lowest BCUT2D eigenvalue weighted by molar-refractivity contribution is -0.125. The summed E-state index contributed by atoms with van der Waals surface area (Å²) in [7, 11) is 1.78. The zero-order valence-electron chi connectivity index (χ0n) is 18.2. The Morgan fingerprint density at radius 3 is 2.70 bits per heavy atom. The second-order valence-electron chi connectivity index (χ2n) is 7.82. The van der Waals surface area contributed by atoms with Crippen molar-refractivity contribution in [2.75, 3.05) is 7.05 Å². The lowest BCUT2D eigenvalue weighted by Crippen LogP contribution is -2.24. The number of carbonyl (C=O) groups is 1. The molecule has 0 saturated carbocycles. The number of imidazole rings is 1. The number of fused-ring (bicyclic) bond motifs is 1. The number of amides is 1. The highest BCUT2D eigenvalue weighted by Crippen LogP contribution is 2.28. The van der Waals surface area contributed by atoms with Gasteiger partial charge >= 0.3 is 0 Å². The van der Waals surface area contributed by atoms with Crippen LogP contribution < -0.4 is 0 Å². The quantitative estimate of drug-likeness (QED) is 0.344. The van der Waals surface area contributed by atoms with Crippen LogP contribution in [0.3, 0.4) is 0 Å². The molecule has 0 aliphatic rings. The monoisotopic (exact) mass is 453 g/mol.